The molecule has 1 saturated carbocycles. The minimum atomic E-state index is -0.324. The van der Waals surface area contributed by atoms with Crippen molar-refractivity contribution >= 4 is 23.2 Å². The number of methoxy groups -OCH3 is 2. The first-order chi connectivity index (χ1) is 13.8. The molecule has 6 nitrogen and oxygen atoms in total. The Hall–Kier alpha value is -3.02. The van der Waals surface area contributed by atoms with Gasteiger partial charge in [-0.15, -0.1) is 0 Å². The smallest absolute Gasteiger partial charge is 0.228 e. The van der Waals surface area contributed by atoms with Crippen LogP contribution in [0.3, 0.4) is 0 Å². The molecule has 0 spiro atoms. The summed E-state index contributed by atoms with van der Waals surface area (Å²) < 4.78 is 10.5. The maximum Gasteiger partial charge on any atom is 0.228 e. The van der Waals surface area contributed by atoms with E-state index in [9.17, 15) is 9.59 Å². The highest BCUT2D eigenvalue weighted by molar-refractivity contribution is 6.03. The average Bonchev–Trinajstić information content (AvgIpc) is 3.50. The van der Waals surface area contributed by atoms with E-state index in [0.717, 1.165) is 16.8 Å². The van der Waals surface area contributed by atoms with Gasteiger partial charge in [0.05, 0.1) is 26.1 Å². The van der Waals surface area contributed by atoms with Crippen molar-refractivity contribution < 1.29 is 19.1 Å². The zero-order chi connectivity index (χ0) is 21.1. The number of nitrogens with one attached hydrogen (secondary N) is 2. The van der Waals surface area contributed by atoms with Crippen LogP contribution in [-0.2, 0) is 9.59 Å². The highest BCUT2D eigenvalue weighted by atomic mass is 16.5. The molecule has 3 rings (SSSR count). The quantitative estimate of drug-likeness (QED) is 0.730. The number of para-hydroxylation sites is 1. The molecule has 0 aromatic heterocycles. The first-order valence-corrected chi connectivity index (χ1v) is 9.79. The molecule has 2 aromatic carbocycles. The van der Waals surface area contributed by atoms with Crippen molar-refractivity contribution in [2.24, 2.45) is 11.8 Å². The summed E-state index contributed by atoms with van der Waals surface area (Å²) in [6.07, 6.45) is 0.549. The van der Waals surface area contributed by atoms with Gasteiger partial charge in [-0.1, -0.05) is 32.0 Å². The molecule has 1 fully saturated rings. The normalized spacial score (nSPS) is 17.6. The molecular weight excluding hydrogens is 368 g/mol. The van der Waals surface area contributed by atoms with Crippen molar-refractivity contribution in [1.29, 1.82) is 0 Å². The van der Waals surface area contributed by atoms with Gasteiger partial charge in [0.25, 0.3) is 0 Å². The van der Waals surface area contributed by atoms with Gasteiger partial charge in [0.15, 0.2) is 11.5 Å². The van der Waals surface area contributed by atoms with Crippen molar-refractivity contribution in [3.63, 3.8) is 0 Å². The van der Waals surface area contributed by atoms with E-state index in [1.807, 2.05) is 25.1 Å². The predicted octanol–water partition coefficient (Wildman–Crippen LogP) is 4.35. The lowest BCUT2D eigenvalue weighted by Gasteiger charge is -2.16. The average molecular weight is 396 g/mol. The topological polar surface area (TPSA) is 76.7 Å². The Bertz CT molecular complexity index is 923. The van der Waals surface area contributed by atoms with Crippen LogP contribution in [0.4, 0.5) is 11.4 Å². The van der Waals surface area contributed by atoms with E-state index in [0.29, 0.717) is 29.5 Å². The Morgan fingerprint density at radius 1 is 0.966 bits per heavy atom. The van der Waals surface area contributed by atoms with Gasteiger partial charge < -0.3 is 20.1 Å². The van der Waals surface area contributed by atoms with Crippen LogP contribution in [0.25, 0.3) is 0 Å². The molecule has 0 saturated heterocycles. The van der Waals surface area contributed by atoms with Gasteiger partial charge in [-0.25, -0.2) is 0 Å². The summed E-state index contributed by atoms with van der Waals surface area (Å²) in [5.74, 6) is 0.530. The molecule has 2 amide bonds. The molecule has 154 valence electrons. The third-order valence-electron chi connectivity index (χ3n) is 5.29. The van der Waals surface area contributed by atoms with Crippen molar-refractivity contribution in [1.82, 2.24) is 0 Å². The second-order valence-electron chi connectivity index (χ2n) is 7.69. The maximum absolute atomic E-state index is 12.7. The maximum atomic E-state index is 12.7. The number of carbonyl (C=O) groups excluding carboxylic acids is 2. The van der Waals surface area contributed by atoms with Crippen molar-refractivity contribution in [2.45, 2.75) is 33.1 Å². The second-order valence-corrected chi connectivity index (χ2v) is 7.69. The summed E-state index contributed by atoms with van der Waals surface area (Å²) in [5.41, 5.74) is 3.60. The second kappa shape index (κ2) is 8.55. The zero-order valence-electron chi connectivity index (χ0n) is 17.5. The molecule has 0 radical (unpaired) electrons. The van der Waals surface area contributed by atoms with Crippen molar-refractivity contribution in [2.75, 3.05) is 24.9 Å². The standard InChI is InChI=1S/C23H28N2O4/c1-13(2)16-8-6-7-14(3)21(16)25-23(27)18-12-17(18)22(26)24-15-9-10-19(28-4)20(11-15)29-5/h6-11,13,17-18H,12H2,1-5H3,(H,24,26)(H,25,27). The number of aryl methyl sites for hydroxylation is 1. The van der Waals surface area contributed by atoms with Gasteiger partial charge >= 0.3 is 0 Å². The van der Waals surface area contributed by atoms with Crippen LogP contribution in [0.15, 0.2) is 36.4 Å². The van der Waals surface area contributed by atoms with E-state index in [-0.39, 0.29) is 23.7 Å². The first kappa shape index (κ1) is 20.7. The van der Waals surface area contributed by atoms with Crippen molar-refractivity contribution in [3.05, 3.63) is 47.5 Å². The van der Waals surface area contributed by atoms with Gasteiger partial charge in [-0.2, -0.15) is 0 Å². The fraction of sp³-hybridized carbons (Fsp3) is 0.391. The van der Waals surface area contributed by atoms with Gasteiger partial charge in [0.2, 0.25) is 11.8 Å². The van der Waals surface area contributed by atoms with E-state index >= 15 is 0 Å². The van der Waals surface area contributed by atoms with Crippen LogP contribution in [-0.4, -0.2) is 26.0 Å². The lowest BCUT2D eigenvalue weighted by molar-refractivity contribution is -0.122. The summed E-state index contributed by atoms with van der Waals surface area (Å²) in [6.45, 7) is 6.18. The van der Waals surface area contributed by atoms with Gasteiger partial charge in [-0.05, 0) is 42.5 Å². The summed E-state index contributed by atoms with van der Waals surface area (Å²) in [5, 5.41) is 5.91. The lowest BCUT2D eigenvalue weighted by Crippen LogP contribution is -2.21. The first-order valence-electron chi connectivity index (χ1n) is 9.79. The molecular formula is C23H28N2O4. The predicted molar refractivity (Wildman–Crippen MR) is 114 cm³/mol. The Morgan fingerprint density at radius 3 is 2.24 bits per heavy atom. The molecule has 2 aromatic rings. The van der Waals surface area contributed by atoms with Crippen LogP contribution in [0.5, 0.6) is 11.5 Å². The number of hydrogen-bond acceptors (Lipinski definition) is 4. The molecule has 0 bridgehead atoms. The van der Waals surface area contributed by atoms with E-state index in [4.69, 9.17) is 9.47 Å². The Balaban J connectivity index is 1.64. The highest BCUT2D eigenvalue weighted by Crippen LogP contribution is 2.41. The SMILES string of the molecule is COc1ccc(NC(=O)C2CC2C(=O)Nc2c(C)cccc2C(C)C)cc1OC. The van der Waals surface area contributed by atoms with E-state index < -0.39 is 0 Å². The van der Waals surface area contributed by atoms with Crippen molar-refractivity contribution in [3.8, 4) is 11.5 Å². The third-order valence-corrected chi connectivity index (χ3v) is 5.29. The van der Waals surface area contributed by atoms with Gasteiger partial charge in [0.1, 0.15) is 0 Å². The minimum Gasteiger partial charge on any atom is -0.493 e. The molecule has 1 aliphatic rings. The van der Waals surface area contributed by atoms with Crippen LogP contribution in [0, 0.1) is 18.8 Å². The van der Waals surface area contributed by atoms with E-state index in [1.165, 1.54) is 0 Å². The van der Waals surface area contributed by atoms with Crippen LogP contribution in [0.2, 0.25) is 0 Å². The fourth-order valence-corrected chi connectivity index (χ4v) is 3.48. The summed E-state index contributed by atoms with van der Waals surface area (Å²) >= 11 is 0. The lowest BCUT2D eigenvalue weighted by atomic mass is 9.98. The fourth-order valence-electron chi connectivity index (χ4n) is 3.48. The van der Waals surface area contributed by atoms with Crippen LogP contribution < -0.4 is 20.1 Å². The Labute approximate surface area is 171 Å². The summed E-state index contributed by atoms with van der Waals surface area (Å²) in [6, 6.07) is 11.2. The molecule has 6 heteroatoms. The number of hydrogen-bond donors (Lipinski definition) is 2. The number of amides is 2. The number of carbonyl (C=O) groups is 2. The number of rotatable bonds is 7. The largest absolute Gasteiger partial charge is 0.493 e. The Morgan fingerprint density at radius 2 is 1.62 bits per heavy atom. The van der Waals surface area contributed by atoms with Crippen LogP contribution in [0.1, 0.15) is 37.3 Å². The number of ether oxygens (including phenoxy) is 2. The molecule has 0 aliphatic heterocycles. The summed E-state index contributed by atoms with van der Waals surface area (Å²) in [7, 11) is 3.10. The molecule has 2 N–H and O–H groups in total. The van der Waals surface area contributed by atoms with Gasteiger partial charge in [-0.3, -0.25) is 9.59 Å². The molecule has 2 atom stereocenters. The monoisotopic (exact) mass is 396 g/mol. The number of benzene rings is 2. The number of anilines is 2. The van der Waals surface area contributed by atoms with E-state index in [1.54, 1.807) is 32.4 Å². The Kier molecular flexibility index (Phi) is 6.11. The van der Waals surface area contributed by atoms with E-state index in [2.05, 4.69) is 24.5 Å². The molecule has 2 unspecified atom stereocenters. The molecule has 1 aliphatic carbocycles. The highest BCUT2D eigenvalue weighted by Gasteiger charge is 2.48. The molecule has 29 heavy (non-hydrogen) atoms. The minimum absolute atomic E-state index is 0.103. The van der Waals surface area contributed by atoms with Gasteiger partial charge in [0, 0.05) is 17.4 Å². The van der Waals surface area contributed by atoms with Crippen LogP contribution >= 0.6 is 0 Å². The third kappa shape index (κ3) is 4.53. The summed E-state index contributed by atoms with van der Waals surface area (Å²) in [4.78, 5) is 25.3. The zero-order valence-corrected chi connectivity index (χ0v) is 17.5. The molecule has 0 heterocycles.